The van der Waals surface area contributed by atoms with Gasteiger partial charge in [-0.3, -0.25) is 9.59 Å². The van der Waals surface area contributed by atoms with Crippen LogP contribution < -0.4 is 0 Å². The van der Waals surface area contributed by atoms with E-state index < -0.39 is 11.6 Å². The molecular formula is C18H15NO2. The van der Waals surface area contributed by atoms with Crippen molar-refractivity contribution in [3.05, 3.63) is 71.4 Å². The molecule has 0 atom stereocenters. The fourth-order valence-electron chi connectivity index (χ4n) is 2.48. The smallest absolute Gasteiger partial charge is 0.235 e. The van der Waals surface area contributed by atoms with E-state index in [-0.39, 0.29) is 0 Å². The summed E-state index contributed by atoms with van der Waals surface area (Å²) in [6, 6.07) is 14.6. The summed E-state index contributed by atoms with van der Waals surface area (Å²) in [6.07, 6.45) is 1.72. The highest BCUT2D eigenvalue weighted by Gasteiger charge is 2.21. The summed E-state index contributed by atoms with van der Waals surface area (Å²) in [4.78, 5) is 24.8. The molecule has 1 heterocycles. The molecular weight excluding hydrogens is 262 g/mol. The van der Waals surface area contributed by atoms with E-state index in [1.807, 2.05) is 54.9 Å². The number of benzene rings is 2. The lowest BCUT2D eigenvalue weighted by Crippen LogP contribution is -2.14. The first kappa shape index (κ1) is 13.3. The van der Waals surface area contributed by atoms with Gasteiger partial charge >= 0.3 is 0 Å². The maximum absolute atomic E-state index is 12.5. The number of fused-ring (bicyclic) bond motifs is 1. The first-order chi connectivity index (χ1) is 10.1. The van der Waals surface area contributed by atoms with E-state index in [2.05, 4.69) is 0 Å². The summed E-state index contributed by atoms with van der Waals surface area (Å²) in [5.41, 5.74) is 2.89. The van der Waals surface area contributed by atoms with Crippen molar-refractivity contribution >= 4 is 22.5 Å². The fraction of sp³-hybridized carbons (Fsp3) is 0.111. The summed E-state index contributed by atoms with van der Waals surface area (Å²) in [5.74, 6) is -0.929. The molecule has 2 aromatic carbocycles. The number of nitrogens with zero attached hydrogens (tertiary/aromatic N) is 1. The van der Waals surface area contributed by atoms with Crippen LogP contribution in [0.5, 0.6) is 0 Å². The molecule has 0 saturated carbocycles. The van der Waals surface area contributed by atoms with E-state index in [0.29, 0.717) is 11.1 Å². The highest BCUT2D eigenvalue weighted by atomic mass is 16.2. The van der Waals surface area contributed by atoms with Gasteiger partial charge in [-0.05, 0) is 13.0 Å². The summed E-state index contributed by atoms with van der Waals surface area (Å²) >= 11 is 0. The number of Topliss-reactive ketones (excluding diaryl/α,β-unsaturated/α-hetero) is 2. The number of ketones is 2. The van der Waals surface area contributed by atoms with Gasteiger partial charge in [0, 0.05) is 29.7 Å². The van der Waals surface area contributed by atoms with Gasteiger partial charge in [0.1, 0.15) is 0 Å². The monoisotopic (exact) mass is 277 g/mol. The second-order valence-electron chi connectivity index (χ2n) is 5.20. The third kappa shape index (κ3) is 2.27. The van der Waals surface area contributed by atoms with E-state index in [9.17, 15) is 9.59 Å². The highest BCUT2D eigenvalue weighted by molar-refractivity contribution is 6.50. The molecule has 1 aromatic heterocycles. The van der Waals surface area contributed by atoms with Gasteiger partial charge in [0.2, 0.25) is 11.6 Å². The van der Waals surface area contributed by atoms with Crippen molar-refractivity contribution in [3.8, 4) is 0 Å². The number of hydrogen-bond donors (Lipinski definition) is 0. The van der Waals surface area contributed by atoms with E-state index in [1.165, 1.54) is 0 Å². The van der Waals surface area contributed by atoms with Gasteiger partial charge in [0.25, 0.3) is 0 Å². The van der Waals surface area contributed by atoms with Gasteiger partial charge in [-0.15, -0.1) is 0 Å². The van der Waals surface area contributed by atoms with Crippen LogP contribution in [0.15, 0.2) is 54.7 Å². The normalized spacial score (nSPS) is 10.8. The Bertz CT molecular complexity index is 841. The first-order valence-electron chi connectivity index (χ1n) is 6.77. The van der Waals surface area contributed by atoms with Crippen LogP contribution in [-0.4, -0.2) is 16.1 Å². The Morgan fingerprint density at radius 2 is 1.57 bits per heavy atom. The number of hydrogen-bond acceptors (Lipinski definition) is 2. The number of rotatable bonds is 3. The molecule has 0 aliphatic carbocycles. The van der Waals surface area contributed by atoms with Crippen molar-refractivity contribution in [1.82, 2.24) is 4.57 Å². The third-order valence-electron chi connectivity index (χ3n) is 3.66. The van der Waals surface area contributed by atoms with Crippen molar-refractivity contribution in [1.29, 1.82) is 0 Å². The quantitative estimate of drug-likeness (QED) is 0.542. The summed E-state index contributed by atoms with van der Waals surface area (Å²) in [6.45, 7) is 1.95. The lowest BCUT2D eigenvalue weighted by molar-refractivity contribution is 0.0818. The summed E-state index contributed by atoms with van der Waals surface area (Å²) < 4.78 is 1.87. The third-order valence-corrected chi connectivity index (χ3v) is 3.66. The number of aromatic nitrogens is 1. The van der Waals surface area contributed by atoms with Gasteiger partial charge in [-0.25, -0.2) is 0 Å². The lowest BCUT2D eigenvalue weighted by atomic mass is 10.0. The molecule has 0 bridgehead atoms. The molecule has 0 unspecified atom stereocenters. The Hall–Kier alpha value is -2.68. The number of carbonyl (C=O) groups excluding carboxylic acids is 2. The zero-order valence-corrected chi connectivity index (χ0v) is 12.0. The molecule has 3 nitrogen and oxygen atoms in total. The van der Waals surface area contributed by atoms with Gasteiger partial charge in [0.05, 0.1) is 5.56 Å². The topological polar surface area (TPSA) is 39.1 Å². The molecule has 104 valence electrons. The average molecular weight is 277 g/mol. The maximum Gasteiger partial charge on any atom is 0.235 e. The van der Waals surface area contributed by atoms with Crippen LogP contribution in [-0.2, 0) is 7.05 Å². The van der Waals surface area contributed by atoms with Gasteiger partial charge in [0.15, 0.2) is 0 Å². The zero-order chi connectivity index (χ0) is 15.0. The summed E-state index contributed by atoms with van der Waals surface area (Å²) in [5, 5.41) is 0.811. The average Bonchev–Trinajstić information content (AvgIpc) is 2.84. The molecule has 0 saturated heterocycles. The zero-order valence-electron chi connectivity index (χ0n) is 12.0. The van der Waals surface area contributed by atoms with Crippen molar-refractivity contribution < 1.29 is 9.59 Å². The Morgan fingerprint density at radius 1 is 0.905 bits per heavy atom. The standard InChI is InChI=1S/C18H15NO2/c1-12-7-9-13(10-8-12)17(20)18(21)15-11-19(2)16-6-4-3-5-14(15)16/h3-11H,1-2H3. The van der Waals surface area contributed by atoms with Crippen molar-refractivity contribution in [2.24, 2.45) is 7.05 Å². The molecule has 0 spiro atoms. The minimum Gasteiger partial charge on any atom is -0.350 e. The van der Waals surface area contributed by atoms with Crippen molar-refractivity contribution in [2.45, 2.75) is 6.92 Å². The van der Waals surface area contributed by atoms with Crippen molar-refractivity contribution in [2.75, 3.05) is 0 Å². The van der Waals surface area contributed by atoms with E-state index >= 15 is 0 Å². The minimum absolute atomic E-state index is 0.429. The van der Waals surface area contributed by atoms with Crippen LogP contribution in [0.3, 0.4) is 0 Å². The number of aryl methyl sites for hydroxylation is 2. The highest BCUT2D eigenvalue weighted by Crippen LogP contribution is 2.22. The number of carbonyl (C=O) groups is 2. The molecule has 0 radical (unpaired) electrons. The molecule has 3 heteroatoms. The Labute approximate surface area is 122 Å². The second-order valence-corrected chi connectivity index (χ2v) is 5.20. The first-order valence-corrected chi connectivity index (χ1v) is 6.77. The molecule has 0 fully saturated rings. The van der Waals surface area contributed by atoms with Crippen molar-refractivity contribution in [3.63, 3.8) is 0 Å². The maximum atomic E-state index is 12.5. The molecule has 21 heavy (non-hydrogen) atoms. The Balaban J connectivity index is 2.04. The molecule has 3 rings (SSSR count). The fourth-order valence-corrected chi connectivity index (χ4v) is 2.48. The van der Waals surface area contributed by atoms with Crippen LogP contribution in [0.2, 0.25) is 0 Å². The minimum atomic E-state index is -0.466. The largest absolute Gasteiger partial charge is 0.350 e. The van der Waals surface area contributed by atoms with Crippen LogP contribution in [0, 0.1) is 6.92 Å². The molecule has 3 aromatic rings. The SMILES string of the molecule is Cc1ccc(C(=O)C(=O)c2cn(C)c3ccccc23)cc1. The van der Waals surface area contributed by atoms with Gasteiger partial charge < -0.3 is 4.57 Å². The van der Waals surface area contributed by atoms with Crippen LogP contribution in [0.4, 0.5) is 0 Å². The lowest BCUT2D eigenvalue weighted by Gasteiger charge is -2.00. The Kier molecular flexibility index (Phi) is 3.18. The van der Waals surface area contributed by atoms with E-state index in [4.69, 9.17) is 0 Å². The Morgan fingerprint density at radius 3 is 2.29 bits per heavy atom. The van der Waals surface area contributed by atoms with Crippen LogP contribution in [0.1, 0.15) is 26.3 Å². The predicted molar refractivity (Wildman–Crippen MR) is 82.8 cm³/mol. The number of para-hydroxylation sites is 1. The second kappa shape index (κ2) is 5.02. The molecule has 0 aliphatic heterocycles. The molecule has 0 N–H and O–H groups in total. The van der Waals surface area contributed by atoms with E-state index in [0.717, 1.165) is 16.5 Å². The van der Waals surface area contributed by atoms with E-state index in [1.54, 1.807) is 18.3 Å². The van der Waals surface area contributed by atoms with Crippen LogP contribution in [0.25, 0.3) is 10.9 Å². The van der Waals surface area contributed by atoms with Gasteiger partial charge in [-0.1, -0.05) is 48.0 Å². The molecule has 0 aliphatic rings. The summed E-state index contributed by atoms with van der Waals surface area (Å²) in [7, 11) is 1.87. The van der Waals surface area contributed by atoms with Crippen LogP contribution >= 0.6 is 0 Å². The predicted octanol–water partition coefficient (Wildman–Crippen LogP) is 3.55. The van der Waals surface area contributed by atoms with Gasteiger partial charge in [-0.2, -0.15) is 0 Å². The molecule has 0 amide bonds.